The van der Waals surface area contributed by atoms with E-state index in [-0.39, 0.29) is 5.57 Å². The van der Waals surface area contributed by atoms with Crippen LogP contribution in [0.4, 0.5) is 5.13 Å². The third kappa shape index (κ3) is 6.65. The van der Waals surface area contributed by atoms with Gasteiger partial charge in [-0.25, -0.2) is 0 Å². The molecular formula is C24H24N4O3S. The number of carbonyl (C=O) groups excluding carboxylic acids is 1. The minimum Gasteiger partial charge on any atom is -0.490 e. The molecule has 0 spiro atoms. The molecule has 3 rings (SSSR count). The number of amides is 1. The maximum Gasteiger partial charge on any atom is 0.268 e. The number of hydrogen-bond donors (Lipinski definition) is 1. The molecule has 0 radical (unpaired) electrons. The molecule has 1 heterocycles. The van der Waals surface area contributed by atoms with Crippen molar-refractivity contribution in [1.82, 2.24) is 10.2 Å². The SMILES string of the molecule is CCc1nnc(NC(=O)/C(C#N)=C\c2ccc(OCCOc3cc(C)cc(C)c3)cc2)s1. The van der Waals surface area contributed by atoms with Crippen molar-refractivity contribution in [3.05, 3.63) is 69.7 Å². The summed E-state index contributed by atoms with van der Waals surface area (Å²) in [5.74, 6) is 0.985. The van der Waals surface area contributed by atoms with Gasteiger partial charge in [0.1, 0.15) is 41.4 Å². The van der Waals surface area contributed by atoms with Crippen LogP contribution in [0.1, 0.15) is 28.6 Å². The molecule has 3 aromatic rings. The minimum absolute atomic E-state index is 0.0197. The van der Waals surface area contributed by atoms with Gasteiger partial charge in [0.25, 0.3) is 5.91 Å². The summed E-state index contributed by atoms with van der Waals surface area (Å²) in [5, 5.41) is 21.0. The normalized spacial score (nSPS) is 11.0. The number of rotatable bonds is 9. The van der Waals surface area contributed by atoms with Crippen LogP contribution in [0, 0.1) is 25.2 Å². The van der Waals surface area contributed by atoms with Gasteiger partial charge in [-0.2, -0.15) is 5.26 Å². The number of anilines is 1. The van der Waals surface area contributed by atoms with Crippen molar-refractivity contribution in [3.8, 4) is 17.6 Å². The van der Waals surface area contributed by atoms with Crippen molar-refractivity contribution in [1.29, 1.82) is 5.26 Å². The summed E-state index contributed by atoms with van der Waals surface area (Å²) in [6.45, 7) is 6.85. The van der Waals surface area contributed by atoms with E-state index in [1.54, 1.807) is 24.3 Å². The van der Waals surface area contributed by atoms with Gasteiger partial charge >= 0.3 is 0 Å². The topological polar surface area (TPSA) is 97.1 Å². The zero-order valence-electron chi connectivity index (χ0n) is 18.2. The van der Waals surface area contributed by atoms with Gasteiger partial charge in [-0.15, -0.1) is 10.2 Å². The highest BCUT2D eigenvalue weighted by Crippen LogP contribution is 2.19. The molecule has 0 saturated carbocycles. The Bertz CT molecular complexity index is 1130. The number of aryl methyl sites for hydroxylation is 3. The van der Waals surface area contributed by atoms with E-state index in [0.717, 1.165) is 28.3 Å². The predicted molar refractivity (Wildman–Crippen MR) is 125 cm³/mol. The van der Waals surface area contributed by atoms with Gasteiger partial charge in [0.15, 0.2) is 0 Å². The molecule has 32 heavy (non-hydrogen) atoms. The molecule has 0 atom stereocenters. The van der Waals surface area contributed by atoms with Gasteiger partial charge in [0, 0.05) is 0 Å². The zero-order chi connectivity index (χ0) is 22.9. The minimum atomic E-state index is -0.518. The highest BCUT2D eigenvalue weighted by atomic mass is 32.1. The molecule has 1 amide bonds. The summed E-state index contributed by atoms with van der Waals surface area (Å²) >= 11 is 1.29. The van der Waals surface area contributed by atoms with Crippen molar-refractivity contribution in [3.63, 3.8) is 0 Å². The second-order valence-electron chi connectivity index (χ2n) is 7.07. The molecule has 0 saturated heterocycles. The maximum atomic E-state index is 12.3. The Hall–Kier alpha value is -3.70. The summed E-state index contributed by atoms with van der Waals surface area (Å²) in [7, 11) is 0. The Morgan fingerprint density at radius 1 is 1.06 bits per heavy atom. The van der Waals surface area contributed by atoms with E-state index in [9.17, 15) is 10.1 Å². The lowest BCUT2D eigenvalue weighted by Crippen LogP contribution is -2.13. The van der Waals surface area contributed by atoms with Gasteiger partial charge in [-0.1, -0.05) is 36.5 Å². The third-order valence-corrected chi connectivity index (χ3v) is 5.34. The van der Waals surface area contributed by atoms with Crippen molar-refractivity contribution in [2.75, 3.05) is 18.5 Å². The number of benzene rings is 2. The summed E-state index contributed by atoms with van der Waals surface area (Å²) in [5.41, 5.74) is 3.00. The van der Waals surface area contributed by atoms with Gasteiger partial charge in [0.05, 0.1) is 0 Å². The van der Waals surface area contributed by atoms with Gasteiger partial charge in [-0.3, -0.25) is 10.1 Å². The first-order valence-electron chi connectivity index (χ1n) is 10.2. The number of nitriles is 1. The lowest BCUT2D eigenvalue weighted by atomic mass is 10.1. The summed E-state index contributed by atoms with van der Waals surface area (Å²) in [4.78, 5) is 12.3. The highest BCUT2D eigenvalue weighted by molar-refractivity contribution is 7.15. The first-order valence-corrected chi connectivity index (χ1v) is 11.0. The van der Waals surface area contributed by atoms with Crippen LogP contribution < -0.4 is 14.8 Å². The highest BCUT2D eigenvalue weighted by Gasteiger charge is 2.12. The summed E-state index contributed by atoms with van der Waals surface area (Å²) < 4.78 is 11.5. The van der Waals surface area contributed by atoms with Crippen molar-refractivity contribution >= 4 is 28.5 Å². The molecule has 2 aromatic carbocycles. The second kappa shape index (κ2) is 11.1. The largest absolute Gasteiger partial charge is 0.490 e. The average Bonchev–Trinajstić information content (AvgIpc) is 3.22. The van der Waals surface area contributed by atoms with E-state index in [0.29, 0.717) is 29.7 Å². The van der Waals surface area contributed by atoms with E-state index in [1.165, 1.54) is 17.4 Å². The van der Waals surface area contributed by atoms with E-state index < -0.39 is 5.91 Å². The number of aromatic nitrogens is 2. The zero-order valence-corrected chi connectivity index (χ0v) is 19.0. The Labute approximate surface area is 191 Å². The fourth-order valence-electron chi connectivity index (χ4n) is 2.92. The summed E-state index contributed by atoms with van der Waals surface area (Å²) in [6.07, 6.45) is 2.25. The van der Waals surface area contributed by atoms with Gasteiger partial charge < -0.3 is 9.47 Å². The molecule has 1 N–H and O–H groups in total. The Morgan fingerprint density at radius 3 is 2.31 bits per heavy atom. The molecular weight excluding hydrogens is 424 g/mol. The molecule has 7 nitrogen and oxygen atoms in total. The van der Waals surface area contributed by atoms with Crippen molar-refractivity contribution in [2.45, 2.75) is 27.2 Å². The van der Waals surface area contributed by atoms with Crippen LogP contribution in [0.5, 0.6) is 11.5 Å². The monoisotopic (exact) mass is 448 g/mol. The van der Waals surface area contributed by atoms with E-state index in [4.69, 9.17) is 9.47 Å². The molecule has 0 unspecified atom stereocenters. The van der Waals surface area contributed by atoms with Crippen molar-refractivity contribution < 1.29 is 14.3 Å². The van der Waals surface area contributed by atoms with Crippen LogP contribution in [0.25, 0.3) is 6.08 Å². The van der Waals surface area contributed by atoms with E-state index >= 15 is 0 Å². The van der Waals surface area contributed by atoms with Crippen LogP contribution in [-0.2, 0) is 11.2 Å². The molecule has 0 aliphatic rings. The lowest BCUT2D eigenvalue weighted by Gasteiger charge is -2.10. The molecule has 0 aliphatic carbocycles. The second-order valence-corrected chi connectivity index (χ2v) is 8.13. The average molecular weight is 449 g/mol. The van der Waals surface area contributed by atoms with Gasteiger partial charge in [-0.05, 0) is 67.3 Å². The van der Waals surface area contributed by atoms with E-state index in [1.807, 2.05) is 39.0 Å². The number of hydrogen-bond acceptors (Lipinski definition) is 7. The Kier molecular flexibility index (Phi) is 7.95. The predicted octanol–water partition coefficient (Wildman–Crippen LogP) is 4.72. The quantitative estimate of drug-likeness (QED) is 0.289. The smallest absolute Gasteiger partial charge is 0.268 e. The number of nitrogens with zero attached hydrogens (tertiary/aromatic N) is 3. The van der Waals surface area contributed by atoms with Crippen molar-refractivity contribution in [2.24, 2.45) is 0 Å². The van der Waals surface area contributed by atoms with Crippen LogP contribution >= 0.6 is 11.3 Å². The molecule has 0 fully saturated rings. The summed E-state index contributed by atoms with van der Waals surface area (Å²) in [6, 6.07) is 15.1. The Balaban J connectivity index is 1.52. The number of ether oxygens (including phenoxy) is 2. The number of carbonyl (C=O) groups is 1. The third-order valence-electron chi connectivity index (χ3n) is 4.36. The van der Waals surface area contributed by atoms with Crippen LogP contribution in [0.15, 0.2) is 48.0 Å². The molecule has 1 aromatic heterocycles. The fraction of sp³-hybridized carbons (Fsp3) is 0.250. The Morgan fingerprint density at radius 2 is 1.72 bits per heavy atom. The first kappa shape index (κ1) is 23.0. The molecule has 8 heteroatoms. The maximum absolute atomic E-state index is 12.3. The number of nitrogens with one attached hydrogen (secondary N) is 1. The fourth-order valence-corrected chi connectivity index (χ4v) is 3.60. The van der Waals surface area contributed by atoms with Gasteiger partial charge in [0.2, 0.25) is 5.13 Å². The van der Waals surface area contributed by atoms with E-state index in [2.05, 4.69) is 21.6 Å². The standard InChI is InChI=1S/C24H24N4O3S/c1-4-22-27-28-24(32-22)26-23(29)19(15-25)14-18-5-7-20(8-6-18)30-9-10-31-21-12-16(2)11-17(3)13-21/h5-8,11-14H,4,9-10H2,1-3H3,(H,26,28,29)/b19-14-. The van der Waals surface area contributed by atoms with Crippen LogP contribution in [0.3, 0.4) is 0 Å². The van der Waals surface area contributed by atoms with Crippen LogP contribution in [-0.4, -0.2) is 29.3 Å². The molecule has 164 valence electrons. The lowest BCUT2D eigenvalue weighted by molar-refractivity contribution is -0.112. The van der Waals surface area contributed by atoms with Crippen LogP contribution in [0.2, 0.25) is 0 Å². The molecule has 0 aliphatic heterocycles. The molecule has 0 bridgehead atoms. The first-order chi connectivity index (χ1) is 15.5.